The average molecular weight is 273 g/mol. The minimum absolute atomic E-state index is 0.153. The van der Waals surface area contributed by atoms with E-state index in [4.69, 9.17) is 0 Å². The Morgan fingerprint density at radius 2 is 2.16 bits per heavy atom. The lowest BCUT2D eigenvalue weighted by Crippen LogP contribution is -2.18. The first-order valence-electron chi connectivity index (χ1n) is 6.37. The third-order valence-corrected chi connectivity index (χ3v) is 3.83. The zero-order valence-electron chi connectivity index (χ0n) is 10.5. The molecule has 2 aromatic rings. The fraction of sp³-hybridized carbons (Fsp3) is 0.286. The molecule has 3 rings (SSSR count). The minimum atomic E-state index is -0.153. The van der Waals surface area contributed by atoms with Crippen LogP contribution >= 0.6 is 11.3 Å². The number of benzene rings is 1. The molecule has 4 nitrogen and oxygen atoms in total. The normalized spacial score (nSPS) is 14.6. The summed E-state index contributed by atoms with van der Waals surface area (Å²) in [6.07, 6.45) is 2.49. The first-order chi connectivity index (χ1) is 9.33. The number of hydrogen-bond acceptors (Lipinski definition) is 4. The van der Waals surface area contributed by atoms with Crippen LogP contribution in [0.15, 0.2) is 35.2 Å². The van der Waals surface area contributed by atoms with E-state index in [9.17, 15) is 4.79 Å². The predicted molar refractivity (Wildman–Crippen MR) is 78.0 cm³/mol. The first kappa shape index (κ1) is 12.2. The van der Waals surface area contributed by atoms with Crippen LogP contribution in [0.3, 0.4) is 0 Å². The molecule has 0 aliphatic carbocycles. The molecule has 0 bridgehead atoms. The molecule has 0 spiro atoms. The highest BCUT2D eigenvalue weighted by atomic mass is 32.1. The molecule has 1 saturated heterocycles. The van der Waals surface area contributed by atoms with E-state index in [1.54, 1.807) is 10.9 Å². The van der Waals surface area contributed by atoms with Crippen LogP contribution in [0.25, 0.3) is 0 Å². The molecule has 1 amide bonds. The number of anilines is 2. The van der Waals surface area contributed by atoms with Crippen molar-refractivity contribution >= 4 is 28.6 Å². The zero-order chi connectivity index (χ0) is 13.1. The molecule has 1 aliphatic rings. The van der Waals surface area contributed by atoms with Gasteiger partial charge in [-0.3, -0.25) is 4.79 Å². The lowest BCUT2D eigenvalue weighted by molar-refractivity contribution is 0.102. The van der Waals surface area contributed by atoms with Crippen molar-refractivity contribution in [3.63, 3.8) is 0 Å². The Labute approximate surface area is 116 Å². The van der Waals surface area contributed by atoms with E-state index in [0.29, 0.717) is 5.69 Å². The van der Waals surface area contributed by atoms with Crippen LogP contribution < -0.4 is 10.2 Å². The van der Waals surface area contributed by atoms with Gasteiger partial charge >= 0.3 is 0 Å². The average Bonchev–Trinajstić information content (AvgIpc) is 3.13. The topological polar surface area (TPSA) is 45.2 Å². The summed E-state index contributed by atoms with van der Waals surface area (Å²) in [7, 11) is 0. The smallest absolute Gasteiger partial charge is 0.275 e. The van der Waals surface area contributed by atoms with E-state index < -0.39 is 0 Å². The van der Waals surface area contributed by atoms with Gasteiger partial charge in [0.2, 0.25) is 0 Å². The van der Waals surface area contributed by atoms with Crippen LogP contribution in [0, 0.1) is 0 Å². The van der Waals surface area contributed by atoms with Gasteiger partial charge in [-0.15, -0.1) is 11.3 Å². The van der Waals surface area contributed by atoms with Gasteiger partial charge in [0.25, 0.3) is 5.91 Å². The van der Waals surface area contributed by atoms with E-state index >= 15 is 0 Å². The number of hydrogen-bond donors (Lipinski definition) is 1. The number of nitrogens with one attached hydrogen (secondary N) is 1. The minimum Gasteiger partial charge on any atom is -0.371 e. The van der Waals surface area contributed by atoms with Crippen LogP contribution in [0.4, 0.5) is 11.4 Å². The van der Waals surface area contributed by atoms with Crippen molar-refractivity contribution in [3.05, 3.63) is 40.8 Å². The number of amides is 1. The summed E-state index contributed by atoms with van der Waals surface area (Å²) in [5.74, 6) is -0.153. The summed E-state index contributed by atoms with van der Waals surface area (Å²) in [4.78, 5) is 18.3. The molecule has 2 heterocycles. The summed E-state index contributed by atoms with van der Waals surface area (Å²) in [6.45, 7) is 2.20. The Balaban J connectivity index is 1.74. The highest BCUT2D eigenvalue weighted by molar-refractivity contribution is 7.07. The van der Waals surface area contributed by atoms with Gasteiger partial charge in [0.05, 0.1) is 5.51 Å². The first-order valence-corrected chi connectivity index (χ1v) is 7.32. The summed E-state index contributed by atoms with van der Waals surface area (Å²) < 4.78 is 0. The van der Waals surface area contributed by atoms with Crippen molar-refractivity contribution in [2.45, 2.75) is 12.8 Å². The highest BCUT2D eigenvalue weighted by Gasteiger charge is 2.13. The lowest BCUT2D eigenvalue weighted by Gasteiger charge is -2.18. The SMILES string of the molecule is O=C(Nc1cccc(N2CCCC2)c1)c1cscn1. The summed E-state index contributed by atoms with van der Waals surface area (Å²) in [5.41, 5.74) is 4.13. The quantitative estimate of drug-likeness (QED) is 0.935. The molecule has 0 atom stereocenters. The molecule has 98 valence electrons. The van der Waals surface area contributed by atoms with Gasteiger partial charge in [0, 0.05) is 29.8 Å². The Hall–Kier alpha value is -1.88. The van der Waals surface area contributed by atoms with Gasteiger partial charge in [-0.25, -0.2) is 4.98 Å². The molecule has 0 saturated carbocycles. The lowest BCUT2D eigenvalue weighted by atomic mass is 10.2. The number of carbonyl (C=O) groups is 1. The molecular formula is C14H15N3OS. The molecule has 1 fully saturated rings. The van der Waals surface area contributed by atoms with Gasteiger partial charge in [-0.2, -0.15) is 0 Å². The van der Waals surface area contributed by atoms with Gasteiger partial charge in [0.1, 0.15) is 5.69 Å². The van der Waals surface area contributed by atoms with Crippen molar-refractivity contribution < 1.29 is 4.79 Å². The molecule has 1 aliphatic heterocycles. The van der Waals surface area contributed by atoms with E-state index in [2.05, 4.69) is 21.3 Å². The summed E-state index contributed by atoms with van der Waals surface area (Å²) in [5, 5.41) is 4.64. The molecule has 1 N–H and O–H groups in total. The van der Waals surface area contributed by atoms with Crippen LogP contribution in [-0.4, -0.2) is 24.0 Å². The van der Waals surface area contributed by atoms with Crippen molar-refractivity contribution in [2.24, 2.45) is 0 Å². The molecule has 5 heteroatoms. The second-order valence-corrected chi connectivity index (χ2v) is 5.29. The van der Waals surface area contributed by atoms with E-state index in [-0.39, 0.29) is 5.91 Å². The molecule has 1 aromatic heterocycles. The van der Waals surface area contributed by atoms with Crippen molar-refractivity contribution in [1.29, 1.82) is 0 Å². The van der Waals surface area contributed by atoms with Crippen molar-refractivity contribution in [3.8, 4) is 0 Å². The van der Waals surface area contributed by atoms with Gasteiger partial charge in [-0.05, 0) is 31.0 Å². The van der Waals surface area contributed by atoms with E-state index in [0.717, 1.165) is 18.8 Å². The van der Waals surface area contributed by atoms with E-state index in [1.807, 2.05) is 18.2 Å². The van der Waals surface area contributed by atoms with Crippen LogP contribution in [0.1, 0.15) is 23.3 Å². The second-order valence-electron chi connectivity index (χ2n) is 4.57. The number of thiazole rings is 1. The Morgan fingerprint density at radius 3 is 2.89 bits per heavy atom. The standard InChI is InChI=1S/C14H15N3OS/c18-14(13-9-19-10-15-13)16-11-4-3-5-12(8-11)17-6-1-2-7-17/h3-5,8-10H,1-2,6-7H2,(H,16,18). The molecule has 0 radical (unpaired) electrons. The fourth-order valence-corrected chi connectivity index (χ4v) is 2.81. The predicted octanol–water partition coefficient (Wildman–Crippen LogP) is 3.00. The Bertz CT molecular complexity index is 562. The number of rotatable bonds is 3. The maximum atomic E-state index is 11.9. The third-order valence-electron chi connectivity index (χ3n) is 3.24. The van der Waals surface area contributed by atoms with Crippen molar-refractivity contribution in [1.82, 2.24) is 4.98 Å². The number of nitrogens with zero attached hydrogens (tertiary/aromatic N) is 2. The number of carbonyl (C=O) groups excluding carboxylic acids is 1. The Morgan fingerprint density at radius 1 is 1.32 bits per heavy atom. The monoisotopic (exact) mass is 273 g/mol. The van der Waals surface area contributed by atoms with Gasteiger partial charge < -0.3 is 10.2 Å². The zero-order valence-corrected chi connectivity index (χ0v) is 11.3. The maximum Gasteiger partial charge on any atom is 0.275 e. The highest BCUT2D eigenvalue weighted by Crippen LogP contribution is 2.23. The van der Waals surface area contributed by atoms with Crippen LogP contribution in [-0.2, 0) is 0 Å². The molecule has 1 aromatic carbocycles. The van der Waals surface area contributed by atoms with Crippen molar-refractivity contribution in [2.75, 3.05) is 23.3 Å². The third kappa shape index (κ3) is 2.76. The van der Waals surface area contributed by atoms with Gasteiger partial charge in [-0.1, -0.05) is 6.07 Å². The largest absolute Gasteiger partial charge is 0.371 e. The van der Waals surface area contributed by atoms with Crippen LogP contribution in [0.5, 0.6) is 0 Å². The summed E-state index contributed by atoms with van der Waals surface area (Å²) >= 11 is 1.42. The Kier molecular flexibility index (Phi) is 3.46. The molecule has 0 unspecified atom stereocenters. The maximum absolute atomic E-state index is 11.9. The molecular weight excluding hydrogens is 258 g/mol. The van der Waals surface area contributed by atoms with Gasteiger partial charge in [0.15, 0.2) is 0 Å². The summed E-state index contributed by atoms with van der Waals surface area (Å²) in [6, 6.07) is 7.99. The van der Waals surface area contributed by atoms with Crippen LogP contribution in [0.2, 0.25) is 0 Å². The van der Waals surface area contributed by atoms with E-state index in [1.165, 1.54) is 29.9 Å². The number of aromatic nitrogens is 1. The second kappa shape index (κ2) is 5.40. The molecule has 19 heavy (non-hydrogen) atoms. The fourth-order valence-electron chi connectivity index (χ4n) is 2.28.